The third-order valence-electron chi connectivity index (χ3n) is 14.5. The molecule has 2 N–H and O–H groups in total. The molecule has 0 fully saturated rings. The molecule has 0 aliphatic heterocycles. The van der Waals surface area contributed by atoms with Crippen molar-refractivity contribution in [1.29, 1.82) is 0 Å². The molecule has 0 spiro atoms. The molecule has 8 aromatic carbocycles. The average Bonchev–Trinajstić information content (AvgIpc) is 3.65. The lowest BCUT2D eigenvalue weighted by molar-refractivity contribution is 0.482. The second-order valence-corrected chi connectivity index (χ2v) is 17.2. The fourth-order valence-electron chi connectivity index (χ4n) is 10.1. The highest BCUT2D eigenvalue weighted by atomic mass is 16.3. The first-order valence-corrected chi connectivity index (χ1v) is 21.3. The van der Waals surface area contributed by atoms with Gasteiger partial charge in [0.15, 0.2) is 0 Å². The summed E-state index contributed by atoms with van der Waals surface area (Å²) in [6.07, 6.45) is 0.833. The van der Waals surface area contributed by atoms with E-state index in [2.05, 4.69) is 161 Å². The standard InChI is InChI=1S/C45H43B11N2O2/c1-2-25-57-23-9-5-6-10-24(23)58(25)20-14-13-17-15-19(12-11-18(17)16-20)26-29-31(36(49)39(52)38(51)34(29)47)27(32-30(26)35(48)40(53)42(55)45(32)60)21-7-3-4-8-22(21)28-33(46)37(50)41(54)43(56)44(28)59/h3-16,59-60H,2,46-56H2,1H3. The second kappa shape index (κ2) is 14.5. The Kier molecular flexibility index (Phi) is 9.61. The fraction of sp³-hybridized carbons (Fsp3) is 0.0444. The molecule has 9 rings (SSSR count). The maximum atomic E-state index is 12.7. The van der Waals surface area contributed by atoms with Crippen LogP contribution in [0.5, 0.6) is 11.5 Å². The van der Waals surface area contributed by atoms with Gasteiger partial charge in [0.1, 0.15) is 104 Å². The predicted molar refractivity (Wildman–Crippen MR) is 293 cm³/mol. The van der Waals surface area contributed by atoms with Crippen molar-refractivity contribution in [2.24, 2.45) is 0 Å². The smallest absolute Gasteiger partial charge is 0.143 e. The minimum atomic E-state index is 0.304. The molecular weight excluding hydrogens is 719 g/mol. The largest absolute Gasteiger partial charge is 0.508 e. The summed E-state index contributed by atoms with van der Waals surface area (Å²) in [6.45, 7) is 2.16. The Morgan fingerprint density at radius 2 is 0.967 bits per heavy atom. The molecule has 0 amide bonds. The number of aromatic nitrogens is 2. The van der Waals surface area contributed by atoms with E-state index in [1.54, 1.807) is 0 Å². The Bertz CT molecular complexity index is 3250. The van der Waals surface area contributed by atoms with E-state index in [9.17, 15) is 10.2 Å². The first-order chi connectivity index (χ1) is 28.7. The van der Waals surface area contributed by atoms with Crippen molar-refractivity contribution in [3.05, 3.63) is 90.8 Å². The van der Waals surface area contributed by atoms with Crippen LogP contribution in [0.15, 0.2) is 84.9 Å². The van der Waals surface area contributed by atoms with Crippen molar-refractivity contribution in [3.63, 3.8) is 0 Å². The summed E-state index contributed by atoms with van der Waals surface area (Å²) >= 11 is 0. The van der Waals surface area contributed by atoms with E-state index in [0.29, 0.717) is 11.5 Å². The van der Waals surface area contributed by atoms with Gasteiger partial charge in [-0.05, 0) is 79.5 Å². The molecule has 1 heterocycles. The van der Waals surface area contributed by atoms with Gasteiger partial charge in [0.2, 0.25) is 0 Å². The third-order valence-corrected chi connectivity index (χ3v) is 14.5. The van der Waals surface area contributed by atoms with Crippen LogP contribution in [0.2, 0.25) is 0 Å². The average molecular weight is 763 g/mol. The molecular formula is C45H43B11N2O2. The number of rotatable bonds is 5. The highest BCUT2D eigenvalue weighted by Crippen LogP contribution is 2.47. The molecule has 0 aliphatic carbocycles. The van der Waals surface area contributed by atoms with Crippen molar-refractivity contribution in [1.82, 2.24) is 9.55 Å². The molecule has 4 nitrogen and oxygen atoms in total. The van der Waals surface area contributed by atoms with Crippen LogP contribution in [0.25, 0.3) is 82.4 Å². The number of phenolic OH excluding ortho intramolecular Hbond substituents is 2. The van der Waals surface area contributed by atoms with E-state index in [-0.39, 0.29) is 0 Å². The number of phenols is 2. The monoisotopic (exact) mass is 764 g/mol. The maximum Gasteiger partial charge on any atom is 0.143 e. The number of para-hydroxylation sites is 2. The number of fused-ring (bicyclic) bond motifs is 4. The zero-order valence-corrected chi connectivity index (χ0v) is 37.1. The lowest BCUT2D eigenvalue weighted by atomic mass is 9.60. The van der Waals surface area contributed by atoms with E-state index in [1.807, 2.05) is 21.8 Å². The minimum absolute atomic E-state index is 0.304. The minimum Gasteiger partial charge on any atom is -0.508 e. The molecule has 9 aromatic rings. The van der Waals surface area contributed by atoms with Gasteiger partial charge < -0.3 is 10.2 Å². The van der Waals surface area contributed by atoms with E-state index in [1.165, 1.54) is 32.7 Å². The van der Waals surface area contributed by atoms with Crippen molar-refractivity contribution >= 4 is 190 Å². The van der Waals surface area contributed by atoms with Gasteiger partial charge in [0.25, 0.3) is 0 Å². The normalized spacial score (nSPS) is 11.7. The molecule has 15 heteroatoms. The number of aromatic hydroxyl groups is 2. The topological polar surface area (TPSA) is 58.3 Å². The lowest BCUT2D eigenvalue weighted by Crippen LogP contribution is -2.48. The molecule has 0 atom stereocenters. The summed E-state index contributed by atoms with van der Waals surface area (Å²) in [4.78, 5) is 4.96. The number of imidazole rings is 1. The van der Waals surface area contributed by atoms with Crippen molar-refractivity contribution in [2.45, 2.75) is 13.3 Å². The summed E-state index contributed by atoms with van der Waals surface area (Å²) in [5.41, 5.74) is 21.6. The van der Waals surface area contributed by atoms with Crippen LogP contribution < -0.4 is 60.1 Å². The Labute approximate surface area is 362 Å². The van der Waals surface area contributed by atoms with E-state index >= 15 is 0 Å². The van der Waals surface area contributed by atoms with E-state index < -0.39 is 0 Å². The molecule has 0 bridgehead atoms. The van der Waals surface area contributed by atoms with Crippen LogP contribution in [-0.2, 0) is 6.42 Å². The number of nitrogens with zero attached hydrogens (tertiary/aromatic N) is 2. The van der Waals surface area contributed by atoms with Crippen LogP contribution in [0.1, 0.15) is 12.7 Å². The van der Waals surface area contributed by atoms with Crippen LogP contribution >= 0.6 is 0 Å². The summed E-state index contributed by atoms with van der Waals surface area (Å²) in [6, 6.07) is 30.4. The van der Waals surface area contributed by atoms with E-state index in [4.69, 9.17) is 4.98 Å². The first kappa shape index (κ1) is 39.8. The van der Waals surface area contributed by atoms with Gasteiger partial charge in [-0.3, -0.25) is 4.57 Å². The van der Waals surface area contributed by atoms with Gasteiger partial charge in [-0.25, -0.2) is 4.98 Å². The zero-order chi connectivity index (χ0) is 42.6. The summed E-state index contributed by atoms with van der Waals surface area (Å²) in [5, 5.41) is 31.2. The summed E-state index contributed by atoms with van der Waals surface area (Å²) in [7, 11) is 23.7. The summed E-state index contributed by atoms with van der Waals surface area (Å²) < 4.78 is 2.29. The van der Waals surface area contributed by atoms with Crippen LogP contribution in [-0.4, -0.2) is 106 Å². The van der Waals surface area contributed by atoms with Crippen LogP contribution in [0.4, 0.5) is 0 Å². The fourth-order valence-corrected chi connectivity index (χ4v) is 10.1. The van der Waals surface area contributed by atoms with Gasteiger partial charge in [0, 0.05) is 28.6 Å². The predicted octanol–water partition coefficient (Wildman–Crippen LogP) is -7.70. The Hall–Kier alpha value is -5.68. The highest BCUT2D eigenvalue weighted by Gasteiger charge is 2.28. The number of aryl methyl sites for hydroxylation is 1. The van der Waals surface area contributed by atoms with Gasteiger partial charge in [-0.1, -0.05) is 105 Å². The molecule has 0 unspecified atom stereocenters. The molecule has 0 radical (unpaired) electrons. The van der Waals surface area contributed by atoms with Crippen LogP contribution in [0.3, 0.4) is 0 Å². The number of benzene rings is 8. The van der Waals surface area contributed by atoms with Gasteiger partial charge >= 0.3 is 0 Å². The number of hydrogen-bond acceptors (Lipinski definition) is 3. The molecule has 0 saturated heterocycles. The highest BCUT2D eigenvalue weighted by molar-refractivity contribution is 6.69. The van der Waals surface area contributed by atoms with Crippen molar-refractivity contribution < 1.29 is 10.2 Å². The zero-order valence-electron chi connectivity index (χ0n) is 37.1. The molecule has 0 aliphatic rings. The first-order valence-electron chi connectivity index (χ1n) is 21.3. The molecule has 0 saturated carbocycles. The Morgan fingerprint density at radius 1 is 0.467 bits per heavy atom. The molecule has 60 heavy (non-hydrogen) atoms. The molecule has 278 valence electrons. The van der Waals surface area contributed by atoms with Crippen LogP contribution in [0, 0.1) is 0 Å². The van der Waals surface area contributed by atoms with Crippen molar-refractivity contribution in [2.75, 3.05) is 0 Å². The summed E-state index contributed by atoms with van der Waals surface area (Å²) in [5.74, 6) is 1.66. The van der Waals surface area contributed by atoms with Gasteiger partial charge in [-0.2, -0.15) is 0 Å². The quantitative estimate of drug-likeness (QED) is 0.136. The SMILES string of the molecule is Bc1c(B)c(B)c(-c2ccccc2-c2c3c(B)c(B)c(B)c(B)c3c(-c3ccc4cc(-n5c(CC)nc6ccccc65)ccc4c3)c3c(B)c(B)c(B)c(O)c23)c(O)c1B. The van der Waals surface area contributed by atoms with Crippen molar-refractivity contribution in [3.8, 4) is 50.6 Å². The Morgan fingerprint density at radius 3 is 1.63 bits per heavy atom. The van der Waals surface area contributed by atoms with Gasteiger partial charge in [-0.15, -0.1) is 16.4 Å². The lowest BCUT2D eigenvalue weighted by Gasteiger charge is -2.28. The van der Waals surface area contributed by atoms with Gasteiger partial charge in [0.05, 0.1) is 11.0 Å². The Balaban J connectivity index is 1.42. The third kappa shape index (κ3) is 5.64. The number of hydrogen-bond donors (Lipinski definition) is 2. The second-order valence-electron chi connectivity index (χ2n) is 17.2. The maximum absolute atomic E-state index is 12.7. The molecule has 1 aromatic heterocycles. The van der Waals surface area contributed by atoms with E-state index in [0.717, 1.165) is 122 Å².